The quantitative estimate of drug-likeness (QED) is 0.167. The predicted molar refractivity (Wildman–Crippen MR) is 148 cm³/mol. The SMILES string of the molecule is CC(=O)Nc1ccc(C(=O)N/N=C\c2cc(I)c(OCc3ccc(Cl)cc3Cl)c(I)c2)cc1. The number of halogens is 4. The van der Waals surface area contributed by atoms with E-state index >= 15 is 0 Å². The number of ether oxygens (including phenoxy) is 1. The molecule has 10 heteroatoms. The Morgan fingerprint density at radius 1 is 1.03 bits per heavy atom. The lowest BCUT2D eigenvalue weighted by molar-refractivity contribution is -0.114. The Balaban J connectivity index is 1.62. The van der Waals surface area contributed by atoms with Crippen LogP contribution in [0.1, 0.15) is 28.4 Å². The van der Waals surface area contributed by atoms with E-state index < -0.39 is 0 Å². The molecular formula is C23H17Cl2I2N3O3. The molecule has 0 aromatic heterocycles. The maximum Gasteiger partial charge on any atom is 0.271 e. The van der Waals surface area contributed by atoms with Crippen molar-refractivity contribution >= 4 is 92.1 Å². The fourth-order valence-corrected chi connectivity index (χ4v) is 5.31. The minimum absolute atomic E-state index is 0.175. The average Bonchev–Trinajstić information content (AvgIpc) is 2.74. The van der Waals surface area contributed by atoms with Gasteiger partial charge in [-0.1, -0.05) is 29.3 Å². The second kappa shape index (κ2) is 12.0. The molecule has 170 valence electrons. The van der Waals surface area contributed by atoms with Crippen LogP contribution >= 0.6 is 68.4 Å². The number of hydrazone groups is 1. The van der Waals surface area contributed by atoms with Gasteiger partial charge in [-0.3, -0.25) is 9.59 Å². The molecule has 0 radical (unpaired) electrons. The lowest BCUT2D eigenvalue weighted by Crippen LogP contribution is -2.17. The molecule has 0 saturated carbocycles. The van der Waals surface area contributed by atoms with Crippen LogP contribution in [0.25, 0.3) is 0 Å². The highest BCUT2D eigenvalue weighted by atomic mass is 127. The molecule has 3 aromatic rings. The van der Waals surface area contributed by atoms with Crippen LogP contribution in [-0.2, 0) is 11.4 Å². The second-order valence-corrected chi connectivity index (χ2v) is 9.96. The Kier molecular flexibility index (Phi) is 9.36. The van der Waals surface area contributed by atoms with Crippen molar-refractivity contribution in [3.05, 3.63) is 88.5 Å². The van der Waals surface area contributed by atoms with E-state index in [-0.39, 0.29) is 11.8 Å². The van der Waals surface area contributed by atoms with Crippen molar-refractivity contribution < 1.29 is 14.3 Å². The second-order valence-electron chi connectivity index (χ2n) is 6.80. The Morgan fingerprint density at radius 3 is 2.30 bits per heavy atom. The highest BCUT2D eigenvalue weighted by Crippen LogP contribution is 2.30. The maximum atomic E-state index is 12.3. The highest BCUT2D eigenvalue weighted by molar-refractivity contribution is 14.1. The molecule has 0 aliphatic carbocycles. The zero-order valence-corrected chi connectivity index (χ0v) is 23.0. The van der Waals surface area contributed by atoms with E-state index in [2.05, 4.69) is 61.0 Å². The number of hydrogen-bond donors (Lipinski definition) is 2. The van der Waals surface area contributed by atoms with E-state index in [0.717, 1.165) is 24.0 Å². The molecule has 2 N–H and O–H groups in total. The van der Waals surface area contributed by atoms with Gasteiger partial charge >= 0.3 is 0 Å². The number of carbonyl (C=O) groups excluding carboxylic acids is 2. The van der Waals surface area contributed by atoms with Crippen molar-refractivity contribution in [3.63, 3.8) is 0 Å². The van der Waals surface area contributed by atoms with E-state index in [1.54, 1.807) is 42.6 Å². The summed E-state index contributed by atoms with van der Waals surface area (Å²) >= 11 is 16.5. The molecule has 0 heterocycles. The molecule has 3 rings (SSSR count). The lowest BCUT2D eigenvalue weighted by Gasteiger charge is -2.12. The predicted octanol–water partition coefficient (Wildman–Crippen LogP) is 6.50. The fraction of sp³-hybridized carbons (Fsp3) is 0.0870. The number of anilines is 1. The average molecular weight is 708 g/mol. The normalized spacial score (nSPS) is 10.8. The summed E-state index contributed by atoms with van der Waals surface area (Å²) in [6, 6.07) is 15.6. The molecule has 33 heavy (non-hydrogen) atoms. The van der Waals surface area contributed by atoms with E-state index in [1.165, 1.54) is 6.92 Å². The molecule has 0 fully saturated rings. The molecule has 0 spiro atoms. The number of amides is 2. The third kappa shape index (κ3) is 7.56. The molecule has 0 aliphatic rings. The zero-order valence-electron chi connectivity index (χ0n) is 17.2. The van der Waals surface area contributed by atoms with Gasteiger partial charge in [-0.25, -0.2) is 5.43 Å². The summed E-state index contributed by atoms with van der Waals surface area (Å²) in [4.78, 5) is 23.3. The number of benzene rings is 3. The van der Waals surface area contributed by atoms with Gasteiger partial charge in [-0.2, -0.15) is 5.10 Å². The third-order valence-electron chi connectivity index (χ3n) is 4.25. The van der Waals surface area contributed by atoms with Gasteiger partial charge < -0.3 is 10.1 Å². The first-order valence-corrected chi connectivity index (χ1v) is 12.4. The molecule has 0 atom stereocenters. The van der Waals surface area contributed by atoms with E-state index in [0.29, 0.717) is 27.9 Å². The molecule has 3 aromatic carbocycles. The van der Waals surface area contributed by atoms with E-state index in [1.807, 2.05) is 18.2 Å². The standard InChI is InChI=1S/C23H17Cl2I2N3O3/c1-13(31)29-18-6-3-15(4-7-18)23(32)30-28-11-14-8-20(26)22(21(27)9-14)33-12-16-2-5-17(24)10-19(16)25/h2-11H,12H2,1H3,(H,29,31)(H,30,32)/b28-11-. The maximum absolute atomic E-state index is 12.3. The number of rotatable bonds is 7. The van der Waals surface area contributed by atoms with Crippen LogP contribution in [0.4, 0.5) is 5.69 Å². The fourth-order valence-electron chi connectivity index (χ4n) is 2.72. The zero-order chi connectivity index (χ0) is 24.0. The Hall–Kier alpha value is -1.89. The van der Waals surface area contributed by atoms with Gasteiger partial charge in [-0.15, -0.1) is 0 Å². The van der Waals surface area contributed by atoms with E-state index in [9.17, 15) is 9.59 Å². The third-order valence-corrected chi connectivity index (χ3v) is 6.44. The minimum atomic E-state index is -0.357. The van der Waals surface area contributed by atoms with Crippen molar-refractivity contribution in [1.82, 2.24) is 5.43 Å². The lowest BCUT2D eigenvalue weighted by atomic mass is 10.2. The van der Waals surface area contributed by atoms with Crippen LogP contribution in [0.3, 0.4) is 0 Å². The monoisotopic (exact) mass is 707 g/mol. The smallest absolute Gasteiger partial charge is 0.271 e. The molecule has 0 unspecified atom stereocenters. The van der Waals surface area contributed by atoms with Gasteiger partial charge in [0.25, 0.3) is 5.91 Å². The van der Waals surface area contributed by atoms with Gasteiger partial charge in [0, 0.05) is 33.8 Å². The van der Waals surface area contributed by atoms with Gasteiger partial charge in [0.1, 0.15) is 12.4 Å². The summed E-state index contributed by atoms with van der Waals surface area (Å²) in [5.74, 6) is 0.207. The topological polar surface area (TPSA) is 79.8 Å². The number of carbonyl (C=O) groups is 2. The molecule has 0 aliphatic heterocycles. The molecule has 0 bridgehead atoms. The molecule has 6 nitrogen and oxygen atoms in total. The van der Waals surface area contributed by atoms with Crippen LogP contribution in [0.15, 0.2) is 59.7 Å². The summed E-state index contributed by atoms with van der Waals surface area (Å²) in [6.07, 6.45) is 1.56. The Morgan fingerprint density at radius 2 is 1.70 bits per heavy atom. The first kappa shape index (κ1) is 25.7. The van der Waals surface area contributed by atoms with Gasteiger partial charge in [-0.05, 0) is 99.3 Å². The highest BCUT2D eigenvalue weighted by Gasteiger charge is 2.11. The number of nitrogens with zero attached hydrogens (tertiary/aromatic N) is 1. The van der Waals surface area contributed by atoms with Crippen molar-refractivity contribution in [2.75, 3.05) is 5.32 Å². The summed E-state index contributed by atoms with van der Waals surface area (Å²) < 4.78 is 7.77. The number of nitrogens with one attached hydrogen (secondary N) is 2. The van der Waals surface area contributed by atoms with Crippen LogP contribution < -0.4 is 15.5 Å². The van der Waals surface area contributed by atoms with Crippen molar-refractivity contribution in [2.24, 2.45) is 5.10 Å². The summed E-state index contributed by atoms with van der Waals surface area (Å²) in [6.45, 7) is 1.73. The first-order chi connectivity index (χ1) is 15.7. The van der Waals surface area contributed by atoms with Gasteiger partial charge in [0.15, 0.2) is 0 Å². The number of hydrogen-bond acceptors (Lipinski definition) is 4. The summed E-state index contributed by atoms with van der Waals surface area (Å²) in [5, 5.41) is 7.82. The first-order valence-electron chi connectivity index (χ1n) is 9.50. The molecule has 0 saturated heterocycles. The Labute approximate surface area is 228 Å². The van der Waals surface area contributed by atoms with Crippen LogP contribution in [0.2, 0.25) is 10.0 Å². The van der Waals surface area contributed by atoms with Crippen molar-refractivity contribution in [1.29, 1.82) is 0 Å². The van der Waals surface area contributed by atoms with Gasteiger partial charge in [0.05, 0.1) is 13.4 Å². The summed E-state index contributed by atoms with van der Waals surface area (Å²) in [7, 11) is 0. The summed E-state index contributed by atoms with van der Waals surface area (Å²) in [5.41, 5.74) is 5.19. The largest absolute Gasteiger partial charge is 0.487 e. The molecular weight excluding hydrogens is 691 g/mol. The van der Waals surface area contributed by atoms with E-state index in [4.69, 9.17) is 27.9 Å². The van der Waals surface area contributed by atoms with Gasteiger partial charge in [0.2, 0.25) is 5.91 Å². The van der Waals surface area contributed by atoms with Crippen molar-refractivity contribution in [3.8, 4) is 5.75 Å². The minimum Gasteiger partial charge on any atom is -0.487 e. The molecule has 2 amide bonds. The van der Waals surface area contributed by atoms with Crippen LogP contribution in [-0.4, -0.2) is 18.0 Å². The van der Waals surface area contributed by atoms with Crippen LogP contribution in [0, 0.1) is 7.14 Å². The van der Waals surface area contributed by atoms with Crippen LogP contribution in [0.5, 0.6) is 5.75 Å². The Bertz CT molecular complexity index is 1200. The van der Waals surface area contributed by atoms with Crippen molar-refractivity contribution in [2.45, 2.75) is 13.5 Å².